The maximum absolute atomic E-state index is 5.63. The summed E-state index contributed by atoms with van der Waals surface area (Å²) >= 11 is 0. The molecular weight excluding hydrogens is 186 g/mol. The molecule has 0 aliphatic rings. The first kappa shape index (κ1) is 9.82. The molecule has 1 heterocycles. The summed E-state index contributed by atoms with van der Waals surface area (Å²) in [6.07, 6.45) is 5.91. The fraction of sp³-hybridized carbons (Fsp3) is 0.231. The van der Waals surface area contributed by atoms with Gasteiger partial charge in [-0.05, 0) is 12.1 Å². The zero-order chi connectivity index (χ0) is 10.5. The van der Waals surface area contributed by atoms with Crippen molar-refractivity contribution in [1.82, 2.24) is 5.32 Å². The Morgan fingerprint density at radius 2 is 2.20 bits per heavy atom. The smallest absolute Gasteiger partial charge is 0.134 e. The molecule has 2 rings (SSSR count). The summed E-state index contributed by atoms with van der Waals surface area (Å²) in [5.41, 5.74) is 0.936. The van der Waals surface area contributed by atoms with E-state index in [0.717, 1.165) is 36.2 Å². The highest BCUT2D eigenvalue weighted by molar-refractivity contribution is 5.77. The van der Waals surface area contributed by atoms with Crippen LogP contribution in [0.25, 0.3) is 11.0 Å². The van der Waals surface area contributed by atoms with Gasteiger partial charge in [0.2, 0.25) is 0 Å². The van der Waals surface area contributed by atoms with Crippen LogP contribution in [0.5, 0.6) is 0 Å². The fourth-order valence-corrected chi connectivity index (χ4v) is 1.50. The summed E-state index contributed by atoms with van der Waals surface area (Å²) in [6, 6.07) is 10.1. The molecule has 1 N–H and O–H groups in total. The van der Waals surface area contributed by atoms with E-state index in [1.807, 2.05) is 24.3 Å². The summed E-state index contributed by atoms with van der Waals surface area (Å²) in [6.45, 7) is 1.56. The van der Waals surface area contributed by atoms with E-state index >= 15 is 0 Å². The predicted molar refractivity (Wildman–Crippen MR) is 61.4 cm³/mol. The Balaban J connectivity index is 2.00. The van der Waals surface area contributed by atoms with Crippen LogP contribution in [0.2, 0.25) is 0 Å². The molecule has 0 unspecified atom stereocenters. The minimum atomic E-state index is 0.732. The lowest BCUT2D eigenvalue weighted by molar-refractivity contribution is 0.517. The molecule has 0 fully saturated rings. The molecule has 0 aliphatic heterocycles. The number of fused-ring (bicyclic) bond motifs is 1. The standard InChI is InChI=1S/C13H13NO/c1-2-3-8-14-10-12-9-11-6-4-5-7-13(11)15-12/h1,4-7,9,14H,3,8,10H2. The Morgan fingerprint density at radius 3 is 3.00 bits per heavy atom. The van der Waals surface area contributed by atoms with E-state index < -0.39 is 0 Å². The van der Waals surface area contributed by atoms with Crippen molar-refractivity contribution in [3.8, 4) is 12.3 Å². The number of terminal acetylenes is 1. The summed E-state index contributed by atoms with van der Waals surface area (Å²) in [4.78, 5) is 0. The second-order valence-electron chi connectivity index (χ2n) is 3.38. The topological polar surface area (TPSA) is 25.2 Å². The molecule has 0 saturated carbocycles. The largest absolute Gasteiger partial charge is 0.460 e. The summed E-state index contributed by atoms with van der Waals surface area (Å²) in [5.74, 6) is 3.54. The SMILES string of the molecule is C#CCCNCc1cc2ccccc2o1. The lowest BCUT2D eigenvalue weighted by atomic mass is 10.2. The van der Waals surface area contributed by atoms with Crippen molar-refractivity contribution in [3.05, 3.63) is 36.1 Å². The molecule has 0 saturated heterocycles. The lowest BCUT2D eigenvalue weighted by Crippen LogP contribution is -2.13. The molecular formula is C13H13NO. The van der Waals surface area contributed by atoms with Gasteiger partial charge < -0.3 is 9.73 Å². The van der Waals surface area contributed by atoms with E-state index in [1.165, 1.54) is 0 Å². The number of nitrogens with one attached hydrogen (secondary N) is 1. The van der Waals surface area contributed by atoms with Crippen molar-refractivity contribution in [1.29, 1.82) is 0 Å². The van der Waals surface area contributed by atoms with Gasteiger partial charge in [0.15, 0.2) is 0 Å². The van der Waals surface area contributed by atoms with Crippen LogP contribution in [0.4, 0.5) is 0 Å². The van der Waals surface area contributed by atoms with E-state index in [1.54, 1.807) is 0 Å². The number of rotatable bonds is 4. The van der Waals surface area contributed by atoms with E-state index in [0.29, 0.717) is 0 Å². The molecule has 2 nitrogen and oxygen atoms in total. The van der Waals surface area contributed by atoms with Crippen molar-refractivity contribution < 1.29 is 4.42 Å². The second kappa shape index (κ2) is 4.68. The predicted octanol–water partition coefficient (Wildman–Crippen LogP) is 2.55. The second-order valence-corrected chi connectivity index (χ2v) is 3.38. The molecule has 0 amide bonds. The van der Waals surface area contributed by atoms with Gasteiger partial charge >= 0.3 is 0 Å². The first-order valence-electron chi connectivity index (χ1n) is 5.02. The summed E-state index contributed by atoms with van der Waals surface area (Å²) in [5, 5.41) is 4.37. The average Bonchev–Trinajstić information content (AvgIpc) is 2.67. The molecule has 0 atom stereocenters. The van der Waals surface area contributed by atoms with Gasteiger partial charge in [0.05, 0.1) is 6.54 Å². The fourth-order valence-electron chi connectivity index (χ4n) is 1.50. The van der Waals surface area contributed by atoms with Crippen LogP contribution in [0, 0.1) is 12.3 Å². The molecule has 0 aliphatic carbocycles. The molecule has 0 bridgehead atoms. The zero-order valence-corrected chi connectivity index (χ0v) is 8.49. The van der Waals surface area contributed by atoms with Gasteiger partial charge in [-0.25, -0.2) is 0 Å². The third-order valence-electron chi connectivity index (χ3n) is 2.22. The molecule has 2 heteroatoms. The zero-order valence-electron chi connectivity index (χ0n) is 8.49. The van der Waals surface area contributed by atoms with Gasteiger partial charge in [0, 0.05) is 18.4 Å². The van der Waals surface area contributed by atoms with Crippen molar-refractivity contribution in [3.63, 3.8) is 0 Å². The maximum Gasteiger partial charge on any atom is 0.134 e. The monoisotopic (exact) mass is 199 g/mol. The number of benzene rings is 1. The number of furan rings is 1. The minimum Gasteiger partial charge on any atom is -0.460 e. The Morgan fingerprint density at radius 1 is 1.33 bits per heavy atom. The molecule has 76 valence electrons. The van der Waals surface area contributed by atoms with Gasteiger partial charge in [0.25, 0.3) is 0 Å². The van der Waals surface area contributed by atoms with Crippen LogP contribution in [0.1, 0.15) is 12.2 Å². The maximum atomic E-state index is 5.63. The van der Waals surface area contributed by atoms with Crippen LogP contribution < -0.4 is 5.32 Å². The Bertz CT molecular complexity index is 445. The molecule has 15 heavy (non-hydrogen) atoms. The summed E-state index contributed by atoms with van der Waals surface area (Å²) in [7, 11) is 0. The lowest BCUT2D eigenvalue weighted by Gasteiger charge is -1.97. The van der Waals surface area contributed by atoms with Gasteiger partial charge in [0.1, 0.15) is 11.3 Å². The van der Waals surface area contributed by atoms with Gasteiger partial charge in [-0.1, -0.05) is 18.2 Å². The number of para-hydroxylation sites is 1. The van der Waals surface area contributed by atoms with Crippen molar-refractivity contribution >= 4 is 11.0 Å². The van der Waals surface area contributed by atoms with Gasteiger partial charge in [-0.2, -0.15) is 0 Å². The Labute approximate surface area is 89.3 Å². The third-order valence-corrected chi connectivity index (χ3v) is 2.22. The van der Waals surface area contributed by atoms with E-state index in [-0.39, 0.29) is 0 Å². The van der Waals surface area contributed by atoms with Crippen LogP contribution in [0.3, 0.4) is 0 Å². The Kier molecular flexibility index (Phi) is 3.06. The van der Waals surface area contributed by atoms with Crippen molar-refractivity contribution in [2.75, 3.05) is 6.54 Å². The minimum absolute atomic E-state index is 0.732. The summed E-state index contributed by atoms with van der Waals surface area (Å²) < 4.78 is 5.63. The van der Waals surface area contributed by atoms with Crippen molar-refractivity contribution in [2.24, 2.45) is 0 Å². The highest BCUT2D eigenvalue weighted by atomic mass is 16.3. The Hall–Kier alpha value is -1.72. The normalized spacial score (nSPS) is 10.3. The third kappa shape index (κ3) is 2.39. The van der Waals surface area contributed by atoms with Crippen LogP contribution >= 0.6 is 0 Å². The van der Waals surface area contributed by atoms with E-state index in [9.17, 15) is 0 Å². The van der Waals surface area contributed by atoms with Crippen LogP contribution in [-0.4, -0.2) is 6.54 Å². The van der Waals surface area contributed by atoms with Crippen LogP contribution in [0.15, 0.2) is 34.7 Å². The quantitative estimate of drug-likeness (QED) is 0.604. The van der Waals surface area contributed by atoms with E-state index in [4.69, 9.17) is 10.8 Å². The first-order chi connectivity index (χ1) is 7.40. The number of hydrogen-bond donors (Lipinski definition) is 1. The first-order valence-corrected chi connectivity index (χ1v) is 5.02. The van der Waals surface area contributed by atoms with E-state index in [2.05, 4.69) is 17.3 Å². The van der Waals surface area contributed by atoms with Crippen molar-refractivity contribution in [2.45, 2.75) is 13.0 Å². The number of hydrogen-bond acceptors (Lipinski definition) is 2. The molecule has 1 aromatic carbocycles. The van der Waals surface area contributed by atoms with Gasteiger partial charge in [-0.15, -0.1) is 12.3 Å². The average molecular weight is 199 g/mol. The molecule has 1 aromatic heterocycles. The highest BCUT2D eigenvalue weighted by Crippen LogP contribution is 2.18. The van der Waals surface area contributed by atoms with Crippen LogP contribution in [-0.2, 0) is 6.54 Å². The molecule has 0 spiro atoms. The van der Waals surface area contributed by atoms with Gasteiger partial charge in [-0.3, -0.25) is 0 Å². The molecule has 0 radical (unpaired) electrons. The molecule has 2 aromatic rings. The highest BCUT2D eigenvalue weighted by Gasteiger charge is 2.01.